The van der Waals surface area contributed by atoms with Gasteiger partial charge in [0.25, 0.3) is 11.6 Å². The molecule has 0 saturated carbocycles. The molecule has 10 nitrogen and oxygen atoms in total. The van der Waals surface area contributed by atoms with Crippen LogP contribution in [0.5, 0.6) is 23.0 Å². The molecule has 3 aromatic carbocycles. The molecule has 184 valence electrons. The molecule has 0 spiro atoms. The molecule has 0 aliphatic heterocycles. The van der Waals surface area contributed by atoms with Gasteiger partial charge in [-0.15, -0.1) is 0 Å². The Morgan fingerprint density at radius 1 is 1.08 bits per heavy atom. The molecule has 1 heterocycles. The predicted molar refractivity (Wildman–Crippen MR) is 133 cm³/mol. The Labute approximate surface area is 211 Å². The second kappa shape index (κ2) is 10.8. The van der Waals surface area contributed by atoms with Crippen LogP contribution < -0.4 is 19.5 Å². The number of amides is 1. The maximum absolute atomic E-state index is 12.8. The summed E-state index contributed by atoms with van der Waals surface area (Å²) >= 11 is 5.96. The number of hydrogen-bond donors (Lipinski definition) is 1. The van der Waals surface area contributed by atoms with Crippen LogP contribution >= 0.6 is 11.6 Å². The summed E-state index contributed by atoms with van der Waals surface area (Å²) in [5.74, 6) is 1.06. The largest absolute Gasteiger partial charge is 0.493 e. The molecule has 0 unspecified atom stereocenters. The normalized spacial score (nSPS) is 10.5. The van der Waals surface area contributed by atoms with Gasteiger partial charge in [0.1, 0.15) is 11.5 Å². The summed E-state index contributed by atoms with van der Waals surface area (Å²) in [6.45, 7) is 1.94. The number of carbonyl (C=O) groups is 1. The van der Waals surface area contributed by atoms with Crippen LogP contribution in [0.15, 0.2) is 72.9 Å². The second-order valence-corrected chi connectivity index (χ2v) is 8.04. The molecule has 1 amide bonds. The minimum Gasteiger partial charge on any atom is -0.493 e. The molecule has 4 rings (SSSR count). The summed E-state index contributed by atoms with van der Waals surface area (Å²) in [6, 6.07) is 17.6. The second-order valence-electron chi connectivity index (χ2n) is 7.60. The first-order valence-corrected chi connectivity index (χ1v) is 11.0. The average Bonchev–Trinajstić information content (AvgIpc) is 3.33. The summed E-state index contributed by atoms with van der Waals surface area (Å²) in [4.78, 5) is 23.6. The number of para-hydroxylation sites is 2. The van der Waals surface area contributed by atoms with E-state index in [1.165, 1.54) is 36.1 Å². The lowest BCUT2D eigenvalue weighted by Gasteiger charge is -2.11. The summed E-state index contributed by atoms with van der Waals surface area (Å²) < 4.78 is 18.2. The van der Waals surface area contributed by atoms with Gasteiger partial charge in [-0.3, -0.25) is 14.9 Å². The zero-order chi connectivity index (χ0) is 25.7. The van der Waals surface area contributed by atoms with Crippen LogP contribution in [0.1, 0.15) is 16.1 Å². The number of carbonyl (C=O) groups excluding carboxylic acids is 1. The molecule has 0 saturated heterocycles. The van der Waals surface area contributed by atoms with Crippen molar-refractivity contribution in [1.82, 2.24) is 9.78 Å². The third kappa shape index (κ3) is 5.91. The highest BCUT2D eigenvalue weighted by Crippen LogP contribution is 2.34. The lowest BCUT2D eigenvalue weighted by atomic mass is 10.2. The minimum atomic E-state index is -0.574. The number of methoxy groups -OCH3 is 1. The first-order valence-electron chi connectivity index (χ1n) is 10.7. The van der Waals surface area contributed by atoms with Crippen LogP contribution in [-0.2, 0) is 6.73 Å². The number of aryl methyl sites for hydroxylation is 1. The molecule has 1 aromatic heterocycles. The van der Waals surface area contributed by atoms with Crippen molar-refractivity contribution in [1.29, 1.82) is 0 Å². The van der Waals surface area contributed by atoms with E-state index in [-0.39, 0.29) is 29.5 Å². The van der Waals surface area contributed by atoms with Crippen LogP contribution in [0, 0.1) is 17.0 Å². The number of nitro benzene ring substituents is 1. The van der Waals surface area contributed by atoms with Crippen LogP contribution in [0.4, 0.5) is 11.4 Å². The smallest absolute Gasteiger partial charge is 0.276 e. The summed E-state index contributed by atoms with van der Waals surface area (Å²) in [7, 11) is 1.49. The number of nitro groups is 1. The van der Waals surface area contributed by atoms with E-state index in [1.807, 2.05) is 6.92 Å². The van der Waals surface area contributed by atoms with E-state index in [4.69, 9.17) is 25.8 Å². The fraction of sp³-hybridized carbons (Fsp3) is 0.120. The van der Waals surface area contributed by atoms with E-state index < -0.39 is 10.8 Å². The fourth-order valence-electron chi connectivity index (χ4n) is 3.31. The molecule has 0 fully saturated rings. The molecule has 0 atom stereocenters. The zero-order valence-electron chi connectivity index (χ0n) is 19.3. The maximum Gasteiger partial charge on any atom is 0.276 e. The van der Waals surface area contributed by atoms with Gasteiger partial charge < -0.3 is 19.5 Å². The van der Waals surface area contributed by atoms with Crippen molar-refractivity contribution >= 4 is 28.9 Å². The molecule has 11 heteroatoms. The highest BCUT2D eigenvalue weighted by molar-refractivity contribution is 6.30. The van der Waals surface area contributed by atoms with E-state index in [0.29, 0.717) is 22.3 Å². The molecule has 0 aliphatic rings. The van der Waals surface area contributed by atoms with Gasteiger partial charge in [0.05, 0.1) is 23.8 Å². The first-order chi connectivity index (χ1) is 17.3. The van der Waals surface area contributed by atoms with Crippen molar-refractivity contribution < 1.29 is 23.9 Å². The van der Waals surface area contributed by atoms with Crippen LogP contribution in [-0.4, -0.2) is 27.7 Å². The van der Waals surface area contributed by atoms with Crippen LogP contribution in [0.2, 0.25) is 5.02 Å². The molecule has 0 bridgehead atoms. The van der Waals surface area contributed by atoms with Gasteiger partial charge in [0.2, 0.25) is 0 Å². The first kappa shape index (κ1) is 24.6. The van der Waals surface area contributed by atoms with Crippen molar-refractivity contribution in [2.24, 2.45) is 0 Å². The Balaban J connectivity index is 1.48. The fourth-order valence-corrected chi connectivity index (χ4v) is 3.54. The number of aromatic nitrogens is 2. The van der Waals surface area contributed by atoms with Gasteiger partial charge in [0.15, 0.2) is 23.9 Å². The maximum atomic E-state index is 12.8. The van der Waals surface area contributed by atoms with Crippen molar-refractivity contribution in [3.8, 4) is 23.0 Å². The SMILES string of the molecule is COc1ccccc1Oc1cc(NC(=O)c2ccn(COc3ccc(Cl)cc3C)n2)cc([N+](=O)[O-])c1. The van der Waals surface area contributed by atoms with Gasteiger partial charge in [0, 0.05) is 23.4 Å². The highest BCUT2D eigenvalue weighted by Gasteiger charge is 2.16. The molecule has 36 heavy (non-hydrogen) atoms. The monoisotopic (exact) mass is 508 g/mol. The molecule has 0 aliphatic carbocycles. The van der Waals surface area contributed by atoms with E-state index in [0.717, 1.165) is 5.56 Å². The number of nitrogens with zero attached hydrogens (tertiary/aromatic N) is 3. The molecular formula is C25H21ClN4O6. The standard InChI is InChI=1S/C25H21ClN4O6/c1-16-11-17(26)7-8-22(16)35-15-29-10-9-21(28-29)25(31)27-18-12-19(30(32)33)14-20(13-18)36-24-6-4-3-5-23(24)34-2/h3-14H,15H2,1-2H3,(H,27,31). The number of rotatable bonds is 9. The Kier molecular flexibility index (Phi) is 7.36. The van der Waals surface area contributed by atoms with Crippen LogP contribution in [0.25, 0.3) is 0 Å². The van der Waals surface area contributed by atoms with E-state index >= 15 is 0 Å². The number of ether oxygens (including phenoxy) is 3. The minimum absolute atomic E-state index is 0.0729. The van der Waals surface area contributed by atoms with Crippen molar-refractivity contribution in [2.75, 3.05) is 12.4 Å². The van der Waals surface area contributed by atoms with E-state index in [2.05, 4.69) is 10.4 Å². The van der Waals surface area contributed by atoms with Gasteiger partial charge in [-0.05, 0) is 48.9 Å². The summed E-state index contributed by atoms with van der Waals surface area (Å²) in [5.41, 5.74) is 0.881. The zero-order valence-corrected chi connectivity index (χ0v) is 20.1. The predicted octanol–water partition coefficient (Wildman–Crippen LogP) is 5.84. The number of hydrogen-bond acceptors (Lipinski definition) is 7. The molecule has 4 aromatic rings. The summed E-state index contributed by atoms with van der Waals surface area (Å²) in [5, 5.41) is 18.9. The van der Waals surface area contributed by atoms with Crippen molar-refractivity contribution in [3.63, 3.8) is 0 Å². The van der Waals surface area contributed by atoms with Gasteiger partial charge in [-0.2, -0.15) is 5.10 Å². The van der Waals surface area contributed by atoms with Crippen molar-refractivity contribution in [2.45, 2.75) is 13.7 Å². The highest BCUT2D eigenvalue weighted by atomic mass is 35.5. The number of nitrogens with one attached hydrogen (secondary N) is 1. The van der Waals surface area contributed by atoms with Gasteiger partial charge >= 0.3 is 0 Å². The molecule has 0 radical (unpaired) electrons. The number of non-ortho nitro benzene ring substituents is 1. The Bertz CT molecular complexity index is 1420. The van der Waals surface area contributed by atoms with E-state index in [1.54, 1.807) is 48.7 Å². The quantitative estimate of drug-likeness (QED) is 0.223. The van der Waals surface area contributed by atoms with Gasteiger partial charge in [-0.25, -0.2) is 4.68 Å². The Hall–Kier alpha value is -4.57. The molecule has 1 N–H and O–H groups in total. The average molecular weight is 509 g/mol. The summed E-state index contributed by atoms with van der Waals surface area (Å²) in [6.07, 6.45) is 1.59. The van der Waals surface area contributed by atoms with Crippen molar-refractivity contribution in [3.05, 3.63) is 99.3 Å². The third-order valence-corrected chi connectivity index (χ3v) is 5.25. The topological polar surface area (TPSA) is 118 Å². The Morgan fingerprint density at radius 3 is 2.58 bits per heavy atom. The number of benzene rings is 3. The lowest BCUT2D eigenvalue weighted by Crippen LogP contribution is -2.14. The Morgan fingerprint density at radius 2 is 1.86 bits per heavy atom. The van der Waals surface area contributed by atoms with Gasteiger partial charge in [-0.1, -0.05) is 23.7 Å². The number of anilines is 1. The lowest BCUT2D eigenvalue weighted by molar-refractivity contribution is -0.384. The number of halogens is 1. The third-order valence-electron chi connectivity index (χ3n) is 5.02. The van der Waals surface area contributed by atoms with Crippen LogP contribution in [0.3, 0.4) is 0 Å². The molecular weight excluding hydrogens is 488 g/mol. The van der Waals surface area contributed by atoms with E-state index in [9.17, 15) is 14.9 Å².